The topological polar surface area (TPSA) is 107 Å². The van der Waals surface area contributed by atoms with E-state index in [1.807, 2.05) is 0 Å². The summed E-state index contributed by atoms with van der Waals surface area (Å²) in [5.41, 5.74) is -1.14. The number of nitro benzene ring substituents is 1. The van der Waals surface area contributed by atoms with Gasteiger partial charge < -0.3 is 10.2 Å². The van der Waals surface area contributed by atoms with Gasteiger partial charge in [0.1, 0.15) is 6.10 Å². The van der Waals surface area contributed by atoms with E-state index in [0.717, 1.165) is 0 Å². The third-order valence-corrected chi connectivity index (χ3v) is 2.34. The van der Waals surface area contributed by atoms with Crippen molar-refractivity contribution >= 4 is 17.3 Å². The Morgan fingerprint density at radius 2 is 2.12 bits per heavy atom. The Morgan fingerprint density at radius 1 is 1.53 bits per heavy atom. The van der Waals surface area contributed by atoms with Gasteiger partial charge in [-0.25, -0.2) is 0 Å². The van der Waals surface area contributed by atoms with Crippen molar-refractivity contribution in [2.45, 2.75) is 12.2 Å². The van der Waals surface area contributed by atoms with Crippen molar-refractivity contribution < 1.29 is 19.5 Å². The Hall–Kier alpha value is -1.75. The first-order valence-corrected chi connectivity index (χ1v) is 4.65. The minimum absolute atomic E-state index is 0.288. The van der Waals surface area contributed by atoms with E-state index in [0.29, 0.717) is 12.1 Å². The number of hydrogen-bond acceptors (Lipinski definition) is 5. The van der Waals surface area contributed by atoms with E-state index in [4.69, 9.17) is 22.0 Å². The second kappa shape index (κ2) is 5.05. The Bertz CT molecular complexity index is 503. The van der Waals surface area contributed by atoms with Gasteiger partial charge in [0.05, 0.1) is 16.0 Å². The molecule has 0 saturated carbocycles. The van der Waals surface area contributed by atoms with Crippen LogP contribution in [0.5, 0.6) is 0 Å². The first-order chi connectivity index (χ1) is 7.88. The number of hydrogen-bond donors (Lipinski definition) is 2. The molecule has 0 aliphatic heterocycles. The predicted molar refractivity (Wildman–Crippen MR) is 54.6 cm³/mol. The van der Waals surface area contributed by atoms with Crippen LogP contribution in [0.15, 0.2) is 12.1 Å². The average Bonchev–Trinajstić information content (AvgIpc) is 2.29. The highest BCUT2D eigenvalue weighted by Gasteiger charge is 2.25. The van der Waals surface area contributed by atoms with E-state index in [1.54, 1.807) is 0 Å². The summed E-state index contributed by atoms with van der Waals surface area (Å²) in [4.78, 5) is 9.41. The second-order valence-corrected chi connectivity index (χ2v) is 3.51. The zero-order valence-electron chi connectivity index (χ0n) is 8.17. The smallest absolute Gasteiger partial charge is 0.306 e. The quantitative estimate of drug-likeness (QED) is 0.484. The normalized spacial score (nSPS) is 13.8. The number of aliphatic hydroxyl groups is 2. The maximum atomic E-state index is 13.2. The molecule has 0 spiro atoms. The zero-order chi connectivity index (χ0) is 13.2. The summed E-state index contributed by atoms with van der Waals surface area (Å²) in [7, 11) is 0. The SMILES string of the molecule is N#CC(O)C(O)c1cc(F)c([N+](=O)[O-])cc1Cl. The number of rotatable bonds is 3. The average molecular weight is 261 g/mol. The van der Waals surface area contributed by atoms with Gasteiger partial charge in [-0.3, -0.25) is 10.1 Å². The minimum Gasteiger partial charge on any atom is -0.384 e. The fourth-order valence-corrected chi connectivity index (χ4v) is 1.43. The fourth-order valence-electron chi connectivity index (χ4n) is 1.16. The van der Waals surface area contributed by atoms with Crippen LogP contribution in [0.25, 0.3) is 0 Å². The van der Waals surface area contributed by atoms with Crippen LogP contribution in [0.2, 0.25) is 5.02 Å². The van der Waals surface area contributed by atoms with Gasteiger partial charge >= 0.3 is 5.69 Å². The third-order valence-electron chi connectivity index (χ3n) is 2.01. The monoisotopic (exact) mass is 260 g/mol. The van der Waals surface area contributed by atoms with E-state index in [-0.39, 0.29) is 10.6 Å². The summed E-state index contributed by atoms with van der Waals surface area (Å²) in [6.45, 7) is 0. The molecular weight excluding hydrogens is 255 g/mol. The highest BCUT2D eigenvalue weighted by atomic mass is 35.5. The molecule has 0 bridgehead atoms. The van der Waals surface area contributed by atoms with Crippen LogP contribution in [0.4, 0.5) is 10.1 Å². The molecule has 0 aliphatic carbocycles. The van der Waals surface area contributed by atoms with E-state index in [9.17, 15) is 19.6 Å². The zero-order valence-corrected chi connectivity index (χ0v) is 8.93. The largest absolute Gasteiger partial charge is 0.384 e. The number of halogens is 2. The predicted octanol–water partition coefficient (Wildman–Crippen LogP) is 1.31. The van der Waals surface area contributed by atoms with Crippen LogP contribution in [-0.2, 0) is 0 Å². The molecule has 0 fully saturated rings. The summed E-state index contributed by atoms with van der Waals surface area (Å²) in [5.74, 6) is -1.21. The van der Waals surface area contributed by atoms with Crippen LogP contribution in [0.3, 0.4) is 0 Å². The molecule has 2 unspecified atom stereocenters. The lowest BCUT2D eigenvalue weighted by atomic mass is 10.0. The summed E-state index contributed by atoms with van der Waals surface area (Å²) in [6, 6.07) is 2.66. The fraction of sp³-hybridized carbons (Fsp3) is 0.222. The standard InChI is InChI=1S/C9H6ClFN2O4/c10-5-2-7(13(16)17)6(11)1-4(5)9(15)8(14)3-12/h1-2,8-9,14-15H. The number of aliphatic hydroxyl groups excluding tert-OH is 2. The summed E-state index contributed by atoms with van der Waals surface area (Å²) >= 11 is 5.59. The van der Waals surface area contributed by atoms with Crippen LogP contribution in [0, 0.1) is 27.3 Å². The van der Waals surface area contributed by atoms with Gasteiger partial charge in [-0.05, 0) is 6.07 Å². The Morgan fingerprint density at radius 3 is 2.59 bits per heavy atom. The van der Waals surface area contributed by atoms with Gasteiger partial charge in [0.25, 0.3) is 0 Å². The first-order valence-electron chi connectivity index (χ1n) is 4.27. The lowest BCUT2D eigenvalue weighted by Gasteiger charge is -2.13. The van der Waals surface area contributed by atoms with Gasteiger partial charge in [-0.1, -0.05) is 11.6 Å². The van der Waals surface area contributed by atoms with Crippen LogP contribution < -0.4 is 0 Å². The molecule has 2 N–H and O–H groups in total. The molecular formula is C9H6ClFN2O4. The molecule has 1 aromatic rings. The van der Waals surface area contributed by atoms with E-state index in [1.165, 1.54) is 6.07 Å². The maximum Gasteiger partial charge on any atom is 0.306 e. The van der Waals surface area contributed by atoms with E-state index >= 15 is 0 Å². The van der Waals surface area contributed by atoms with Crippen LogP contribution in [0.1, 0.15) is 11.7 Å². The van der Waals surface area contributed by atoms with Gasteiger partial charge in [-0.15, -0.1) is 0 Å². The van der Waals surface area contributed by atoms with Crippen molar-refractivity contribution in [2.75, 3.05) is 0 Å². The van der Waals surface area contributed by atoms with Gasteiger partial charge in [0.15, 0.2) is 6.10 Å². The van der Waals surface area contributed by atoms with Crippen LogP contribution in [-0.4, -0.2) is 21.2 Å². The molecule has 1 rings (SSSR count). The van der Waals surface area contributed by atoms with Gasteiger partial charge in [-0.2, -0.15) is 9.65 Å². The Balaban J connectivity index is 3.26. The minimum atomic E-state index is -1.80. The van der Waals surface area contributed by atoms with Crippen LogP contribution >= 0.6 is 11.6 Å². The summed E-state index contributed by atoms with van der Waals surface area (Å²) in [5, 5.41) is 36.9. The van der Waals surface area contributed by atoms with Crippen molar-refractivity contribution in [1.29, 1.82) is 5.26 Å². The molecule has 0 aliphatic rings. The Labute approximate surface area is 99.6 Å². The van der Waals surface area contributed by atoms with E-state index in [2.05, 4.69) is 0 Å². The molecule has 2 atom stereocenters. The number of nitro groups is 1. The van der Waals surface area contributed by atoms with E-state index < -0.39 is 28.6 Å². The summed E-state index contributed by atoms with van der Waals surface area (Å²) in [6.07, 6.45) is -3.53. The van der Waals surface area contributed by atoms with Crippen molar-refractivity contribution in [3.63, 3.8) is 0 Å². The van der Waals surface area contributed by atoms with Crippen molar-refractivity contribution in [2.24, 2.45) is 0 Å². The van der Waals surface area contributed by atoms with Gasteiger partial charge in [0.2, 0.25) is 5.82 Å². The summed E-state index contributed by atoms with van der Waals surface area (Å²) < 4.78 is 13.2. The van der Waals surface area contributed by atoms with Crippen molar-refractivity contribution in [3.05, 3.63) is 38.7 Å². The number of nitriles is 1. The highest BCUT2D eigenvalue weighted by Crippen LogP contribution is 2.31. The van der Waals surface area contributed by atoms with Crippen molar-refractivity contribution in [1.82, 2.24) is 0 Å². The molecule has 1 aromatic carbocycles. The molecule has 0 heterocycles. The second-order valence-electron chi connectivity index (χ2n) is 3.10. The third kappa shape index (κ3) is 2.68. The molecule has 0 aromatic heterocycles. The molecule has 0 radical (unpaired) electrons. The molecule has 17 heavy (non-hydrogen) atoms. The molecule has 8 heteroatoms. The maximum absolute atomic E-state index is 13.2. The Kier molecular flexibility index (Phi) is 3.96. The highest BCUT2D eigenvalue weighted by molar-refractivity contribution is 6.31. The molecule has 0 amide bonds. The molecule has 6 nitrogen and oxygen atoms in total. The number of nitrogens with zero attached hydrogens (tertiary/aromatic N) is 2. The molecule has 0 saturated heterocycles. The molecule has 90 valence electrons. The lowest BCUT2D eigenvalue weighted by Crippen LogP contribution is -2.16. The first kappa shape index (κ1) is 13.3. The lowest BCUT2D eigenvalue weighted by molar-refractivity contribution is -0.387. The van der Waals surface area contributed by atoms with Crippen molar-refractivity contribution in [3.8, 4) is 6.07 Å². The number of benzene rings is 1. The van der Waals surface area contributed by atoms with Gasteiger partial charge in [0, 0.05) is 11.6 Å².